The molecular formula is C24H18F2N4O3S. The first kappa shape index (κ1) is 23.1. The van der Waals surface area contributed by atoms with Gasteiger partial charge in [-0.15, -0.1) is 10.2 Å². The third-order valence-corrected chi connectivity index (χ3v) is 5.69. The molecule has 0 unspecified atom stereocenters. The molecule has 1 amide bonds. The molecule has 0 aliphatic carbocycles. The predicted octanol–water partition coefficient (Wildman–Crippen LogP) is 4.73. The number of thioether (sulfide) groups is 1. The molecule has 0 saturated heterocycles. The third kappa shape index (κ3) is 5.12. The normalized spacial score (nSPS) is 10.7. The summed E-state index contributed by atoms with van der Waals surface area (Å²) in [5.74, 6) is -1.38. The number of hydrogen-bond acceptors (Lipinski definition) is 6. The van der Waals surface area contributed by atoms with Gasteiger partial charge in [0.25, 0.3) is 0 Å². The van der Waals surface area contributed by atoms with Gasteiger partial charge in [-0.2, -0.15) is 0 Å². The van der Waals surface area contributed by atoms with Crippen molar-refractivity contribution >= 4 is 29.3 Å². The maximum Gasteiger partial charge on any atom is 0.339 e. The molecular weight excluding hydrogens is 462 g/mol. The van der Waals surface area contributed by atoms with Gasteiger partial charge in [0.05, 0.1) is 24.1 Å². The molecule has 0 saturated carbocycles. The Kier molecular flexibility index (Phi) is 6.98. The van der Waals surface area contributed by atoms with Crippen molar-refractivity contribution in [1.82, 2.24) is 14.8 Å². The largest absolute Gasteiger partial charge is 0.465 e. The second-order valence-electron chi connectivity index (χ2n) is 7.00. The Bertz CT molecular complexity index is 1330. The third-order valence-electron chi connectivity index (χ3n) is 4.76. The Balaban J connectivity index is 1.59. The molecule has 34 heavy (non-hydrogen) atoms. The van der Waals surface area contributed by atoms with Crippen LogP contribution in [-0.2, 0) is 9.53 Å². The highest BCUT2D eigenvalue weighted by atomic mass is 32.2. The first-order chi connectivity index (χ1) is 16.5. The van der Waals surface area contributed by atoms with Crippen LogP contribution in [0.5, 0.6) is 0 Å². The van der Waals surface area contributed by atoms with Crippen molar-refractivity contribution in [1.29, 1.82) is 0 Å². The lowest BCUT2D eigenvalue weighted by molar-refractivity contribution is -0.113. The molecule has 0 aliphatic heterocycles. The number of anilines is 1. The molecule has 0 fully saturated rings. The average Bonchev–Trinajstić information content (AvgIpc) is 3.27. The molecule has 1 N–H and O–H groups in total. The van der Waals surface area contributed by atoms with Crippen LogP contribution in [-0.4, -0.2) is 39.5 Å². The van der Waals surface area contributed by atoms with Crippen LogP contribution in [0.3, 0.4) is 0 Å². The standard InChI is InChI=1S/C24H18F2N4O3S/c1-33-23(32)19-4-2-3-5-20(19)27-21(31)14-34-24-29-28-22(15-6-8-16(25)9-7-15)30(24)18-12-10-17(26)11-13-18/h2-13H,14H2,1H3,(H,27,31). The monoisotopic (exact) mass is 480 g/mol. The van der Waals surface area contributed by atoms with Crippen LogP contribution in [0.4, 0.5) is 14.5 Å². The fraction of sp³-hybridized carbons (Fsp3) is 0.0833. The van der Waals surface area contributed by atoms with Crippen molar-refractivity contribution in [3.8, 4) is 17.1 Å². The Morgan fingerprint density at radius 1 is 0.941 bits per heavy atom. The molecule has 0 bridgehead atoms. The van der Waals surface area contributed by atoms with E-state index in [1.54, 1.807) is 53.1 Å². The number of hydrogen-bond donors (Lipinski definition) is 1. The topological polar surface area (TPSA) is 86.1 Å². The molecule has 0 radical (unpaired) electrons. The highest BCUT2D eigenvalue weighted by Gasteiger charge is 2.19. The molecule has 7 nitrogen and oxygen atoms in total. The molecule has 4 rings (SSSR count). The second kappa shape index (κ2) is 10.3. The zero-order chi connectivity index (χ0) is 24.1. The van der Waals surface area contributed by atoms with Crippen LogP contribution in [0.1, 0.15) is 10.4 Å². The maximum atomic E-state index is 13.5. The molecule has 172 valence electrons. The predicted molar refractivity (Wildman–Crippen MR) is 124 cm³/mol. The summed E-state index contributed by atoms with van der Waals surface area (Å²) in [6, 6.07) is 17.9. The smallest absolute Gasteiger partial charge is 0.339 e. The summed E-state index contributed by atoms with van der Waals surface area (Å²) >= 11 is 1.11. The van der Waals surface area contributed by atoms with Gasteiger partial charge in [-0.25, -0.2) is 13.6 Å². The molecule has 3 aromatic carbocycles. The van der Waals surface area contributed by atoms with Crippen molar-refractivity contribution < 1.29 is 23.1 Å². The first-order valence-electron chi connectivity index (χ1n) is 10.0. The van der Waals surface area contributed by atoms with Gasteiger partial charge in [0.2, 0.25) is 5.91 Å². The average molecular weight is 480 g/mol. The van der Waals surface area contributed by atoms with Crippen molar-refractivity contribution in [2.45, 2.75) is 5.16 Å². The molecule has 0 atom stereocenters. The van der Waals surface area contributed by atoms with E-state index in [0.29, 0.717) is 27.9 Å². The van der Waals surface area contributed by atoms with Crippen LogP contribution in [0.15, 0.2) is 78.0 Å². The van der Waals surface area contributed by atoms with Gasteiger partial charge in [0, 0.05) is 11.3 Å². The second-order valence-corrected chi connectivity index (χ2v) is 7.94. The van der Waals surface area contributed by atoms with E-state index >= 15 is 0 Å². The van der Waals surface area contributed by atoms with Gasteiger partial charge in [0.1, 0.15) is 11.6 Å². The van der Waals surface area contributed by atoms with Crippen LogP contribution < -0.4 is 5.32 Å². The minimum Gasteiger partial charge on any atom is -0.465 e. The van der Waals surface area contributed by atoms with Gasteiger partial charge < -0.3 is 10.1 Å². The number of para-hydroxylation sites is 1. The summed E-state index contributed by atoms with van der Waals surface area (Å²) in [6.07, 6.45) is 0. The molecule has 10 heteroatoms. The molecule has 0 spiro atoms. The van der Waals surface area contributed by atoms with Gasteiger partial charge in [-0.05, 0) is 60.7 Å². The van der Waals surface area contributed by atoms with E-state index in [4.69, 9.17) is 4.74 Å². The summed E-state index contributed by atoms with van der Waals surface area (Å²) in [5, 5.41) is 11.5. The number of nitrogens with one attached hydrogen (secondary N) is 1. The lowest BCUT2D eigenvalue weighted by atomic mass is 10.2. The highest BCUT2D eigenvalue weighted by Crippen LogP contribution is 2.28. The van der Waals surface area contributed by atoms with Crippen LogP contribution in [0, 0.1) is 11.6 Å². The zero-order valence-electron chi connectivity index (χ0n) is 17.9. The fourth-order valence-electron chi connectivity index (χ4n) is 3.17. The minimum atomic E-state index is -0.566. The number of rotatable bonds is 7. The number of carbonyl (C=O) groups is 2. The summed E-state index contributed by atoms with van der Waals surface area (Å²) < 4.78 is 33.3. The quantitative estimate of drug-likeness (QED) is 0.304. The molecule has 4 aromatic rings. The number of halogens is 2. The van der Waals surface area contributed by atoms with Crippen molar-refractivity contribution in [3.63, 3.8) is 0 Å². The number of benzene rings is 3. The van der Waals surface area contributed by atoms with Gasteiger partial charge in [0.15, 0.2) is 11.0 Å². The van der Waals surface area contributed by atoms with Crippen LogP contribution in [0.2, 0.25) is 0 Å². The van der Waals surface area contributed by atoms with E-state index in [2.05, 4.69) is 15.5 Å². The molecule has 1 aromatic heterocycles. The minimum absolute atomic E-state index is 0.0434. The molecule has 0 aliphatic rings. The van der Waals surface area contributed by atoms with Crippen LogP contribution >= 0.6 is 11.8 Å². The number of esters is 1. The highest BCUT2D eigenvalue weighted by molar-refractivity contribution is 7.99. The number of aromatic nitrogens is 3. The Morgan fingerprint density at radius 3 is 2.26 bits per heavy atom. The van der Waals surface area contributed by atoms with E-state index in [9.17, 15) is 18.4 Å². The van der Waals surface area contributed by atoms with Gasteiger partial charge in [-0.3, -0.25) is 9.36 Å². The Hall–Kier alpha value is -4.05. The number of carbonyl (C=O) groups excluding carboxylic acids is 2. The lowest BCUT2D eigenvalue weighted by Gasteiger charge is -2.11. The number of nitrogens with zero attached hydrogens (tertiary/aromatic N) is 3. The Labute approximate surface area is 197 Å². The van der Waals surface area contributed by atoms with E-state index in [-0.39, 0.29) is 17.2 Å². The summed E-state index contributed by atoms with van der Waals surface area (Å²) in [6.45, 7) is 0. The van der Waals surface area contributed by atoms with E-state index < -0.39 is 17.6 Å². The fourth-order valence-corrected chi connectivity index (χ4v) is 3.92. The lowest BCUT2D eigenvalue weighted by Crippen LogP contribution is -2.17. The summed E-state index contributed by atoms with van der Waals surface area (Å²) in [4.78, 5) is 24.6. The SMILES string of the molecule is COC(=O)c1ccccc1NC(=O)CSc1nnc(-c2ccc(F)cc2)n1-c1ccc(F)cc1. The number of methoxy groups -OCH3 is 1. The van der Waals surface area contributed by atoms with Crippen molar-refractivity contribution in [3.05, 3.63) is 90.0 Å². The zero-order valence-corrected chi connectivity index (χ0v) is 18.7. The van der Waals surface area contributed by atoms with E-state index in [1.165, 1.54) is 31.4 Å². The van der Waals surface area contributed by atoms with Gasteiger partial charge in [-0.1, -0.05) is 23.9 Å². The summed E-state index contributed by atoms with van der Waals surface area (Å²) in [5.41, 5.74) is 1.73. The summed E-state index contributed by atoms with van der Waals surface area (Å²) in [7, 11) is 1.26. The number of ether oxygens (including phenoxy) is 1. The van der Waals surface area contributed by atoms with Crippen molar-refractivity contribution in [2.24, 2.45) is 0 Å². The number of amides is 1. The van der Waals surface area contributed by atoms with E-state index in [1.807, 2.05) is 0 Å². The molecule has 1 heterocycles. The van der Waals surface area contributed by atoms with Gasteiger partial charge >= 0.3 is 5.97 Å². The van der Waals surface area contributed by atoms with Crippen molar-refractivity contribution in [2.75, 3.05) is 18.2 Å². The first-order valence-corrected chi connectivity index (χ1v) is 11.0. The van der Waals surface area contributed by atoms with Crippen LogP contribution in [0.25, 0.3) is 17.1 Å². The maximum absolute atomic E-state index is 13.5. The Morgan fingerprint density at radius 2 is 1.59 bits per heavy atom. The van der Waals surface area contributed by atoms with E-state index in [0.717, 1.165) is 11.8 Å².